The van der Waals surface area contributed by atoms with Crippen molar-refractivity contribution in [2.45, 2.75) is 38.7 Å². The van der Waals surface area contributed by atoms with Crippen LogP contribution in [-0.4, -0.2) is 36.2 Å². The van der Waals surface area contributed by atoms with E-state index in [-0.39, 0.29) is 18.9 Å². The highest BCUT2D eigenvalue weighted by molar-refractivity contribution is 5.92. The van der Waals surface area contributed by atoms with E-state index in [2.05, 4.69) is 25.8 Å². The van der Waals surface area contributed by atoms with Gasteiger partial charge in [0, 0.05) is 11.4 Å². The first kappa shape index (κ1) is 16.5. The number of anilines is 1. The van der Waals surface area contributed by atoms with Gasteiger partial charge < -0.3 is 10.4 Å². The Morgan fingerprint density at radius 1 is 1.23 bits per heavy atom. The van der Waals surface area contributed by atoms with Gasteiger partial charge in [-0.15, -0.1) is 5.10 Å². The number of aliphatic hydroxyl groups is 1. The van der Waals surface area contributed by atoms with Crippen LogP contribution in [0.1, 0.15) is 35.5 Å². The summed E-state index contributed by atoms with van der Waals surface area (Å²) in [6, 6.07) is 7.30. The Labute approximate surface area is 150 Å². The summed E-state index contributed by atoms with van der Waals surface area (Å²) in [5.74, 6) is -0.0825. The van der Waals surface area contributed by atoms with Crippen LogP contribution in [0.4, 0.5) is 5.69 Å². The molecule has 1 aromatic carbocycles. The smallest absolute Gasteiger partial charge is 0.230 e. The standard InChI is InChI=1S/C18H20N6O2/c25-11-13-10-24(23-20-13)14-7-5-12(6-8-14)19-18(26)9-17-15-3-1-2-4-16(15)21-22-17/h5-8,10,25H,1-4,9,11H2,(H,19,26)(H,21,22). The number of aromatic nitrogens is 5. The summed E-state index contributed by atoms with van der Waals surface area (Å²) in [4.78, 5) is 12.3. The van der Waals surface area contributed by atoms with Crippen molar-refractivity contribution < 1.29 is 9.90 Å². The van der Waals surface area contributed by atoms with Crippen LogP contribution >= 0.6 is 0 Å². The van der Waals surface area contributed by atoms with Gasteiger partial charge in [-0.25, -0.2) is 4.68 Å². The lowest BCUT2D eigenvalue weighted by Crippen LogP contribution is -2.16. The SMILES string of the molecule is O=C(Cc1n[nH]c2c1CCCC2)Nc1ccc(-n2cc(CO)nn2)cc1. The first-order valence-electron chi connectivity index (χ1n) is 8.70. The monoisotopic (exact) mass is 352 g/mol. The largest absolute Gasteiger partial charge is 0.390 e. The Morgan fingerprint density at radius 2 is 2.04 bits per heavy atom. The maximum atomic E-state index is 12.3. The molecule has 0 aliphatic heterocycles. The van der Waals surface area contributed by atoms with E-state index in [4.69, 9.17) is 5.11 Å². The molecule has 26 heavy (non-hydrogen) atoms. The number of aromatic amines is 1. The number of carbonyl (C=O) groups is 1. The minimum Gasteiger partial charge on any atom is -0.390 e. The van der Waals surface area contributed by atoms with Gasteiger partial charge in [0.05, 0.1) is 30.6 Å². The Kier molecular flexibility index (Phi) is 4.49. The summed E-state index contributed by atoms with van der Waals surface area (Å²) in [5, 5.41) is 27.1. The molecule has 3 aromatic rings. The van der Waals surface area contributed by atoms with Crippen LogP contribution in [0.2, 0.25) is 0 Å². The third-order valence-electron chi connectivity index (χ3n) is 4.59. The summed E-state index contributed by atoms with van der Waals surface area (Å²) in [6.07, 6.45) is 6.29. The molecule has 0 fully saturated rings. The van der Waals surface area contributed by atoms with Crippen molar-refractivity contribution in [3.8, 4) is 5.69 Å². The van der Waals surface area contributed by atoms with Crippen molar-refractivity contribution in [3.63, 3.8) is 0 Å². The number of benzene rings is 1. The minimum absolute atomic E-state index is 0.0825. The van der Waals surface area contributed by atoms with E-state index in [0.717, 1.165) is 30.6 Å². The van der Waals surface area contributed by atoms with Gasteiger partial charge in [0.1, 0.15) is 5.69 Å². The summed E-state index contributed by atoms with van der Waals surface area (Å²) in [6.45, 7) is -0.148. The van der Waals surface area contributed by atoms with Gasteiger partial charge in [-0.05, 0) is 55.5 Å². The topological polar surface area (TPSA) is 109 Å². The van der Waals surface area contributed by atoms with Crippen LogP contribution in [0.25, 0.3) is 5.69 Å². The highest BCUT2D eigenvalue weighted by atomic mass is 16.3. The number of nitrogens with zero attached hydrogens (tertiary/aromatic N) is 4. The quantitative estimate of drug-likeness (QED) is 0.645. The third-order valence-corrected chi connectivity index (χ3v) is 4.59. The molecular formula is C18H20N6O2. The van der Waals surface area contributed by atoms with E-state index in [1.54, 1.807) is 10.9 Å². The predicted octanol–water partition coefficient (Wildman–Crippen LogP) is 1.54. The molecule has 0 spiro atoms. The Bertz CT molecular complexity index is 912. The summed E-state index contributed by atoms with van der Waals surface area (Å²) < 4.78 is 1.58. The first-order chi connectivity index (χ1) is 12.7. The lowest BCUT2D eigenvalue weighted by atomic mass is 9.95. The average Bonchev–Trinajstić information content (AvgIpc) is 3.30. The zero-order chi connectivity index (χ0) is 17.9. The van der Waals surface area contributed by atoms with Gasteiger partial charge in [-0.2, -0.15) is 5.10 Å². The normalized spacial score (nSPS) is 13.4. The highest BCUT2D eigenvalue weighted by Crippen LogP contribution is 2.22. The van der Waals surface area contributed by atoms with Crippen molar-refractivity contribution in [1.82, 2.24) is 25.2 Å². The number of H-pyrrole nitrogens is 1. The van der Waals surface area contributed by atoms with Crippen LogP contribution in [0.15, 0.2) is 30.5 Å². The summed E-state index contributed by atoms with van der Waals surface area (Å²) in [5.41, 5.74) is 5.27. The zero-order valence-corrected chi connectivity index (χ0v) is 14.3. The molecule has 0 atom stereocenters. The van der Waals surface area contributed by atoms with Gasteiger partial charge in [-0.3, -0.25) is 9.89 Å². The number of aryl methyl sites for hydroxylation is 1. The maximum absolute atomic E-state index is 12.3. The van der Waals surface area contributed by atoms with Crippen LogP contribution < -0.4 is 5.32 Å². The fourth-order valence-corrected chi connectivity index (χ4v) is 3.25. The predicted molar refractivity (Wildman–Crippen MR) is 94.8 cm³/mol. The second kappa shape index (κ2) is 7.09. The number of carbonyl (C=O) groups excluding carboxylic acids is 1. The summed E-state index contributed by atoms with van der Waals surface area (Å²) in [7, 11) is 0. The molecule has 0 saturated carbocycles. The average molecular weight is 352 g/mol. The molecule has 0 unspecified atom stereocenters. The number of fused-ring (bicyclic) bond motifs is 1. The fraction of sp³-hybridized carbons (Fsp3) is 0.333. The Morgan fingerprint density at radius 3 is 2.81 bits per heavy atom. The van der Waals surface area contributed by atoms with E-state index in [0.29, 0.717) is 11.4 Å². The van der Waals surface area contributed by atoms with E-state index in [9.17, 15) is 4.79 Å². The Hall–Kier alpha value is -3.00. The maximum Gasteiger partial charge on any atom is 0.230 e. The van der Waals surface area contributed by atoms with Gasteiger partial charge in [-0.1, -0.05) is 5.21 Å². The fourth-order valence-electron chi connectivity index (χ4n) is 3.25. The number of nitrogens with one attached hydrogen (secondary N) is 2. The van der Waals surface area contributed by atoms with E-state index in [1.807, 2.05) is 24.3 Å². The van der Waals surface area contributed by atoms with Crippen molar-refractivity contribution in [1.29, 1.82) is 0 Å². The molecule has 2 heterocycles. The number of amides is 1. The lowest BCUT2D eigenvalue weighted by Gasteiger charge is -2.11. The molecule has 1 amide bonds. The van der Waals surface area contributed by atoms with Gasteiger partial charge >= 0.3 is 0 Å². The first-order valence-corrected chi connectivity index (χ1v) is 8.70. The molecule has 0 bridgehead atoms. The van der Waals surface area contributed by atoms with Crippen LogP contribution in [0.5, 0.6) is 0 Å². The van der Waals surface area contributed by atoms with Gasteiger partial charge in [0.25, 0.3) is 0 Å². The number of aliphatic hydroxyl groups excluding tert-OH is 1. The number of hydrogen-bond acceptors (Lipinski definition) is 5. The number of rotatable bonds is 5. The van der Waals surface area contributed by atoms with Crippen LogP contribution in [0, 0.1) is 0 Å². The van der Waals surface area contributed by atoms with Crippen molar-refractivity contribution in [2.75, 3.05) is 5.32 Å². The van der Waals surface area contributed by atoms with Crippen molar-refractivity contribution in [3.05, 3.63) is 53.1 Å². The molecule has 134 valence electrons. The second-order valence-electron chi connectivity index (χ2n) is 6.42. The molecular weight excluding hydrogens is 332 g/mol. The van der Waals surface area contributed by atoms with E-state index in [1.165, 1.54) is 17.7 Å². The molecule has 2 aromatic heterocycles. The molecule has 1 aliphatic carbocycles. The van der Waals surface area contributed by atoms with E-state index >= 15 is 0 Å². The zero-order valence-electron chi connectivity index (χ0n) is 14.3. The molecule has 3 N–H and O–H groups in total. The molecule has 8 heteroatoms. The van der Waals surface area contributed by atoms with Crippen LogP contribution in [-0.2, 0) is 30.7 Å². The highest BCUT2D eigenvalue weighted by Gasteiger charge is 2.18. The van der Waals surface area contributed by atoms with Gasteiger partial charge in [0.15, 0.2) is 0 Å². The lowest BCUT2D eigenvalue weighted by molar-refractivity contribution is -0.115. The second-order valence-corrected chi connectivity index (χ2v) is 6.42. The van der Waals surface area contributed by atoms with Gasteiger partial charge in [0.2, 0.25) is 5.91 Å². The molecule has 4 rings (SSSR count). The minimum atomic E-state index is -0.148. The summed E-state index contributed by atoms with van der Waals surface area (Å²) >= 11 is 0. The van der Waals surface area contributed by atoms with Crippen molar-refractivity contribution >= 4 is 11.6 Å². The molecule has 0 saturated heterocycles. The molecule has 8 nitrogen and oxygen atoms in total. The Balaban J connectivity index is 1.41. The third kappa shape index (κ3) is 3.36. The van der Waals surface area contributed by atoms with E-state index < -0.39 is 0 Å². The number of hydrogen-bond donors (Lipinski definition) is 3. The van der Waals surface area contributed by atoms with Crippen LogP contribution in [0.3, 0.4) is 0 Å². The molecule has 1 aliphatic rings. The molecule has 0 radical (unpaired) electrons. The van der Waals surface area contributed by atoms with Crippen molar-refractivity contribution in [2.24, 2.45) is 0 Å².